The molecule has 1 atom stereocenters. The van der Waals surface area contributed by atoms with Crippen LogP contribution in [0, 0.1) is 5.92 Å². The predicted molar refractivity (Wildman–Crippen MR) is 98.5 cm³/mol. The third kappa shape index (κ3) is 4.72. The molecular formula is C19H23N3O4. The van der Waals surface area contributed by atoms with E-state index in [1.165, 1.54) is 20.4 Å². The maximum Gasteiger partial charge on any atom is 0.255 e. The quantitative estimate of drug-likeness (QED) is 0.795. The number of carbonyl (C=O) groups excluding carboxylic acids is 2. The third-order valence-electron chi connectivity index (χ3n) is 3.80. The second-order valence-electron chi connectivity index (χ2n) is 5.97. The van der Waals surface area contributed by atoms with Crippen molar-refractivity contribution in [3.8, 4) is 11.6 Å². The minimum absolute atomic E-state index is 0.111. The first kappa shape index (κ1) is 19.2. The molecule has 0 bridgehead atoms. The first-order valence-electron chi connectivity index (χ1n) is 8.21. The number of nitrogens with zero attached hydrogens (tertiary/aromatic N) is 1. The molecule has 0 aliphatic rings. The number of carbonyl (C=O) groups is 2. The number of hydrogen-bond donors (Lipinski definition) is 2. The van der Waals surface area contributed by atoms with Crippen molar-refractivity contribution in [2.45, 2.75) is 19.9 Å². The number of anilines is 1. The van der Waals surface area contributed by atoms with Gasteiger partial charge in [0.25, 0.3) is 5.91 Å². The minimum Gasteiger partial charge on any atom is -0.496 e. The van der Waals surface area contributed by atoms with Crippen molar-refractivity contribution in [3.63, 3.8) is 0 Å². The zero-order chi connectivity index (χ0) is 19.1. The monoisotopic (exact) mass is 357 g/mol. The van der Waals surface area contributed by atoms with Crippen molar-refractivity contribution in [3.05, 3.63) is 48.2 Å². The van der Waals surface area contributed by atoms with Gasteiger partial charge in [-0.25, -0.2) is 4.98 Å². The molecule has 7 heteroatoms. The molecule has 0 saturated heterocycles. The van der Waals surface area contributed by atoms with Crippen molar-refractivity contribution >= 4 is 17.5 Å². The fourth-order valence-electron chi connectivity index (χ4n) is 2.38. The van der Waals surface area contributed by atoms with Gasteiger partial charge in [0.2, 0.25) is 11.8 Å². The second kappa shape index (κ2) is 8.84. The van der Waals surface area contributed by atoms with Crippen molar-refractivity contribution in [2.75, 3.05) is 19.5 Å². The molecule has 0 radical (unpaired) electrons. The zero-order valence-electron chi connectivity index (χ0n) is 15.3. The topological polar surface area (TPSA) is 89.6 Å². The molecule has 26 heavy (non-hydrogen) atoms. The highest BCUT2D eigenvalue weighted by molar-refractivity contribution is 6.02. The maximum atomic E-state index is 12.6. The summed E-state index contributed by atoms with van der Waals surface area (Å²) in [5, 5.41) is 5.53. The van der Waals surface area contributed by atoms with Gasteiger partial charge in [0.15, 0.2) is 0 Å². The van der Waals surface area contributed by atoms with Crippen LogP contribution in [0.25, 0.3) is 0 Å². The number of pyridine rings is 1. The number of ether oxygens (including phenoxy) is 2. The molecule has 2 rings (SSSR count). The lowest BCUT2D eigenvalue weighted by Gasteiger charge is -2.22. The van der Waals surface area contributed by atoms with E-state index in [0.717, 1.165) is 0 Å². The van der Waals surface area contributed by atoms with Crippen LogP contribution in [0.1, 0.15) is 24.2 Å². The van der Waals surface area contributed by atoms with Gasteiger partial charge in [0, 0.05) is 6.07 Å². The Morgan fingerprint density at radius 1 is 1.04 bits per heavy atom. The van der Waals surface area contributed by atoms with Gasteiger partial charge < -0.3 is 20.1 Å². The molecule has 138 valence electrons. The lowest BCUT2D eigenvalue weighted by Crippen LogP contribution is -2.47. The summed E-state index contributed by atoms with van der Waals surface area (Å²) in [5.41, 5.74) is 0.896. The maximum absolute atomic E-state index is 12.6. The highest BCUT2D eigenvalue weighted by atomic mass is 16.5. The smallest absolute Gasteiger partial charge is 0.255 e. The molecule has 0 fully saturated rings. The van der Waals surface area contributed by atoms with Crippen LogP contribution in [0.5, 0.6) is 11.6 Å². The van der Waals surface area contributed by atoms with Crippen LogP contribution < -0.4 is 20.1 Å². The lowest BCUT2D eigenvalue weighted by molar-refractivity contribution is -0.118. The molecule has 0 aliphatic heterocycles. The van der Waals surface area contributed by atoms with Crippen molar-refractivity contribution in [1.82, 2.24) is 10.3 Å². The number of aromatic nitrogens is 1. The fourth-order valence-corrected chi connectivity index (χ4v) is 2.38. The van der Waals surface area contributed by atoms with Gasteiger partial charge in [-0.2, -0.15) is 0 Å². The number of hydrogen-bond acceptors (Lipinski definition) is 5. The first-order chi connectivity index (χ1) is 12.5. The van der Waals surface area contributed by atoms with Crippen LogP contribution in [0.15, 0.2) is 42.6 Å². The summed E-state index contributed by atoms with van der Waals surface area (Å²) in [7, 11) is 3.01. The van der Waals surface area contributed by atoms with Crippen molar-refractivity contribution in [1.29, 1.82) is 0 Å². The van der Waals surface area contributed by atoms with Crippen molar-refractivity contribution < 1.29 is 19.1 Å². The molecule has 0 aliphatic carbocycles. The molecule has 1 aromatic carbocycles. The zero-order valence-corrected chi connectivity index (χ0v) is 15.3. The highest BCUT2D eigenvalue weighted by Crippen LogP contribution is 2.18. The van der Waals surface area contributed by atoms with Gasteiger partial charge in [-0.05, 0) is 24.1 Å². The number of benzene rings is 1. The highest BCUT2D eigenvalue weighted by Gasteiger charge is 2.26. The van der Waals surface area contributed by atoms with Crippen molar-refractivity contribution in [2.24, 2.45) is 5.92 Å². The molecule has 2 amide bonds. The molecule has 7 nitrogen and oxygen atoms in total. The summed E-state index contributed by atoms with van der Waals surface area (Å²) < 4.78 is 10.2. The van der Waals surface area contributed by atoms with Gasteiger partial charge in [0.05, 0.1) is 31.7 Å². The van der Waals surface area contributed by atoms with Gasteiger partial charge in [-0.15, -0.1) is 0 Å². The van der Waals surface area contributed by atoms with Crippen LogP contribution in [0.2, 0.25) is 0 Å². The summed E-state index contributed by atoms with van der Waals surface area (Å²) in [6, 6.07) is 9.48. The van der Waals surface area contributed by atoms with E-state index in [1.807, 2.05) is 13.8 Å². The summed E-state index contributed by atoms with van der Waals surface area (Å²) in [6.07, 6.45) is 1.50. The molecule has 1 aromatic heterocycles. The molecule has 1 heterocycles. The Labute approximate surface area is 152 Å². The Balaban J connectivity index is 2.11. The lowest BCUT2D eigenvalue weighted by atomic mass is 10.0. The van der Waals surface area contributed by atoms with Crippen LogP contribution in [-0.2, 0) is 4.79 Å². The number of para-hydroxylation sites is 1. The van der Waals surface area contributed by atoms with E-state index in [9.17, 15) is 9.59 Å². The van der Waals surface area contributed by atoms with E-state index in [0.29, 0.717) is 22.9 Å². The molecule has 2 N–H and O–H groups in total. The van der Waals surface area contributed by atoms with Gasteiger partial charge in [-0.1, -0.05) is 26.0 Å². The Kier molecular flexibility index (Phi) is 6.54. The van der Waals surface area contributed by atoms with E-state index < -0.39 is 6.04 Å². The largest absolute Gasteiger partial charge is 0.496 e. The van der Waals surface area contributed by atoms with E-state index in [1.54, 1.807) is 36.4 Å². The summed E-state index contributed by atoms with van der Waals surface area (Å²) in [5.74, 6) is 0.0967. The number of rotatable bonds is 7. The third-order valence-corrected chi connectivity index (χ3v) is 3.80. The molecule has 0 spiro atoms. The van der Waals surface area contributed by atoms with E-state index >= 15 is 0 Å². The summed E-state index contributed by atoms with van der Waals surface area (Å²) in [4.78, 5) is 29.2. The average molecular weight is 357 g/mol. The number of methoxy groups -OCH3 is 2. The summed E-state index contributed by atoms with van der Waals surface area (Å²) >= 11 is 0. The van der Waals surface area contributed by atoms with E-state index in [2.05, 4.69) is 15.6 Å². The van der Waals surface area contributed by atoms with E-state index in [4.69, 9.17) is 9.47 Å². The van der Waals surface area contributed by atoms with Crippen LogP contribution in [-0.4, -0.2) is 37.1 Å². The standard InChI is InChI=1S/C19H23N3O4/c1-12(2)17(19(24)21-13-9-10-16(26-4)20-11-13)22-18(23)14-7-5-6-8-15(14)25-3/h5-12,17H,1-4H3,(H,21,24)(H,22,23)/t17-/m0/s1. The van der Waals surface area contributed by atoms with Gasteiger partial charge >= 0.3 is 0 Å². The van der Waals surface area contributed by atoms with E-state index in [-0.39, 0.29) is 17.7 Å². The normalized spacial score (nSPS) is 11.6. The SMILES string of the molecule is COc1ccc(NC(=O)[C@@H](NC(=O)c2ccccc2OC)C(C)C)cn1. The Bertz CT molecular complexity index is 760. The molecule has 2 aromatic rings. The van der Waals surface area contributed by atoms with Crippen LogP contribution in [0.3, 0.4) is 0 Å². The minimum atomic E-state index is -0.713. The van der Waals surface area contributed by atoms with Crippen LogP contribution in [0.4, 0.5) is 5.69 Å². The van der Waals surface area contributed by atoms with Gasteiger partial charge in [0.1, 0.15) is 11.8 Å². The molecule has 0 unspecified atom stereocenters. The second-order valence-corrected chi connectivity index (χ2v) is 5.97. The Morgan fingerprint density at radius 3 is 2.35 bits per heavy atom. The van der Waals surface area contributed by atoms with Gasteiger partial charge in [-0.3, -0.25) is 9.59 Å². The Hall–Kier alpha value is -3.09. The predicted octanol–water partition coefficient (Wildman–Crippen LogP) is 2.49. The number of amides is 2. The first-order valence-corrected chi connectivity index (χ1v) is 8.21. The molecular weight excluding hydrogens is 334 g/mol. The number of nitrogens with one attached hydrogen (secondary N) is 2. The average Bonchev–Trinajstić information content (AvgIpc) is 2.66. The molecule has 0 saturated carbocycles. The van der Waals surface area contributed by atoms with Crippen LogP contribution >= 0.6 is 0 Å². The Morgan fingerprint density at radius 2 is 1.77 bits per heavy atom. The fraction of sp³-hybridized carbons (Fsp3) is 0.316. The summed E-state index contributed by atoms with van der Waals surface area (Å²) in [6.45, 7) is 3.72.